The highest BCUT2D eigenvalue weighted by atomic mass is 16.3. The van der Waals surface area contributed by atoms with Crippen molar-refractivity contribution in [3.8, 4) is 0 Å². The van der Waals surface area contributed by atoms with E-state index in [9.17, 15) is 5.11 Å². The lowest BCUT2D eigenvalue weighted by Gasteiger charge is -2.14. The van der Waals surface area contributed by atoms with E-state index in [-0.39, 0.29) is 6.10 Å². The molecule has 1 heterocycles. The first kappa shape index (κ1) is 12.7. The largest absolute Gasteiger partial charge is 0.393 e. The maximum absolute atomic E-state index is 9.89. The molecule has 0 bridgehead atoms. The van der Waals surface area contributed by atoms with Crippen molar-refractivity contribution in [2.24, 2.45) is 5.92 Å². The predicted octanol–water partition coefficient (Wildman–Crippen LogP) is 3.20. The van der Waals surface area contributed by atoms with Gasteiger partial charge in [0.1, 0.15) is 0 Å². The molecule has 2 aromatic rings. The molecule has 19 heavy (non-hydrogen) atoms. The predicted molar refractivity (Wildman–Crippen MR) is 77.2 cm³/mol. The fraction of sp³-hybridized carbons (Fsp3) is 0.562. The minimum Gasteiger partial charge on any atom is -0.393 e. The van der Waals surface area contributed by atoms with Crippen LogP contribution in [0.3, 0.4) is 0 Å². The van der Waals surface area contributed by atoms with Gasteiger partial charge in [0.2, 0.25) is 0 Å². The Morgan fingerprint density at radius 3 is 2.79 bits per heavy atom. The molecule has 102 valence electrons. The van der Waals surface area contributed by atoms with Gasteiger partial charge in [-0.1, -0.05) is 6.42 Å². The number of nitrogens with zero attached hydrogens (tertiary/aromatic N) is 2. The number of aryl methyl sites for hydroxylation is 3. The van der Waals surface area contributed by atoms with Crippen molar-refractivity contribution in [1.82, 2.24) is 9.55 Å². The highest BCUT2D eigenvalue weighted by Crippen LogP contribution is 2.29. The van der Waals surface area contributed by atoms with Gasteiger partial charge in [-0.05, 0) is 62.3 Å². The van der Waals surface area contributed by atoms with Crippen LogP contribution in [0.25, 0.3) is 11.0 Å². The molecule has 0 amide bonds. The van der Waals surface area contributed by atoms with E-state index in [1.165, 1.54) is 29.5 Å². The minimum atomic E-state index is -0.0845. The van der Waals surface area contributed by atoms with Crippen molar-refractivity contribution in [2.75, 3.05) is 0 Å². The highest BCUT2D eigenvalue weighted by molar-refractivity contribution is 5.77. The Hall–Kier alpha value is -1.35. The molecule has 1 fully saturated rings. The molecule has 1 aromatic carbocycles. The monoisotopic (exact) mass is 258 g/mol. The molecule has 3 rings (SSSR count). The average Bonchev–Trinajstić information content (AvgIpc) is 2.95. The van der Waals surface area contributed by atoms with Gasteiger partial charge in [0.25, 0.3) is 0 Å². The lowest BCUT2D eigenvalue weighted by molar-refractivity contribution is 0.125. The summed E-state index contributed by atoms with van der Waals surface area (Å²) < 4.78 is 2.23. The van der Waals surface area contributed by atoms with Gasteiger partial charge in [0, 0.05) is 6.54 Å². The molecule has 2 atom stereocenters. The smallest absolute Gasteiger partial charge is 0.0958 e. The maximum Gasteiger partial charge on any atom is 0.0958 e. The standard InChI is InChI=1S/C16H22N2O/c1-11-8-14-15(9-12(11)2)18(10-17-14)7-6-13-4-3-5-16(13)19/h8-10,13,16,19H,3-7H2,1-2H3. The average molecular weight is 258 g/mol. The van der Waals surface area contributed by atoms with Crippen molar-refractivity contribution >= 4 is 11.0 Å². The number of imidazole rings is 1. The molecule has 2 unspecified atom stereocenters. The first-order valence-electron chi connectivity index (χ1n) is 7.25. The van der Waals surface area contributed by atoms with Crippen LogP contribution in [-0.2, 0) is 6.54 Å². The zero-order valence-electron chi connectivity index (χ0n) is 11.8. The number of fused-ring (bicyclic) bond motifs is 1. The molecular weight excluding hydrogens is 236 g/mol. The molecule has 1 saturated carbocycles. The van der Waals surface area contributed by atoms with Crippen LogP contribution in [0.1, 0.15) is 36.8 Å². The Balaban J connectivity index is 1.79. The topological polar surface area (TPSA) is 38.0 Å². The lowest BCUT2D eigenvalue weighted by atomic mass is 10.0. The van der Waals surface area contributed by atoms with E-state index in [1.807, 2.05) is 6.33 Å². The van der Waals surface area contributed by atoms with Gasteiger partial charge in [0.15, 0.2) is 0 Å². The second-order valence-electron chi connectivity index (χ2n) is 5.91. The number of aliphatic hydroxyl groups excluding tert-OH is 1. The first-order valence-corrected chi connectivity index (χ1v) is 7.25. The van der Waals surface area contributed by atoms with Crippen LogP contribution in [0.2, 0.25) is 0 Å². The van der Waals surface area contributed by atoms with Gasteiger partial charge in [-0.3, -0.25) is 0 Å². The molecule has 3 nitrogen and oxygen atoms in total. The zero-order chi connectivity index (χ0) is 13.4. The number of rotatable bonds is 3. The van der Waals surface area contributed by atoms with Crippen LogP contribution in [0.4, 0.5) is 0 Å². The molecule has 1 aliphatic carbocycles. The number of hydrogen-bond donors (Lipinski definition) is 1. The van der Waals surface area contributed by atoms with Crippen LogP contribution < -0.4 is 0 Å². The summed E-state index contributed by atoms with van der Waals surface area (Å²) in [7, 11) is 0. The van der Waals surface area contributed by atoms with E-state index < -0.39 is 0 Å². The van der Waals surface area contributed by atoms with Crippen LogP contribution in [-0.4, -0.2) is 20.8 Å². The molecule has 0 saturated heterocycles. The van der Waals surface area contributed by atoms with Crippen molar-refractivity contribution in [2.45, 2.75) is 52.2 Å². The molecule has 1 N–H and O–H groups in total. The third kappa shape index (κ3) is 2.39. The Morgan fingerprint density at radius 1 is 1.26 bits per heavy atom. The van der Waals surface area contributed by atoms with Crippen LogP contribution in [0.15, 0.2) is 18.5 Å². The Bertz CT molecular complexity index is 588. The van der Waals surface area contributed by atoms with E-state index in [2.05, 4.69) is 35.5 Å². The number of aliphatic hydroxyl groups is 1. The van der Waals surface area contributed by atoms with Gasteiger partial charge in [0.05, 0.1) is 23.5 Å². The fourth-order valence-electron chi connectivity index (χ4n) is 3.15. The SMILES string of the molecule is Cc1cc2ncn(CCC3CCCC3O)c2cc1C. The Morgan fingerprint density at radius 2 is 2.05 bits per heavy atom. The molecular formula is C16H22N2O. The first-order chi connectivity index (χ1) is 9.15. The minimum absolute atomic E-state index is 0.0845. The summed E-state index contributed by atoms with van der Waals surface area (Å²) in [6.07, 6.45) is 6.23. The summed E-state index contributed by atoms with van der Waals surface area (Å²) in [4.78, 5) is 4.49. The van der Waals surface area contributed by atoms with E-state index >= 15 is 0 Å². The molecule has 0 spiro atoms. The zero-order valence-corrected chi connectivity index (χ0v) is 11.8. The maximum atomic E-state index is 9.89. The van der Waals surface area contributed by atoms with Crippen molar-refractivity contribution in [1.29, 1.82) is 0 Å². The highest BCUT2D eigenvalue weighted by Gasteiger charge is 2.24. The number of benzene rings is 1. The second kappa shape index (κ2) is 4.97. The summed E-state index contributed by atoms with van der Waals surface area (Å²) in [6.45, 7) is 5.23. The second-order valence-corrected chi connectivity index (χ2v) is 5.91. The summed E-state index contributed by atoms with van der Waals surface area (Å²) in [6, 6.07) is 4.38. The van der Waals surface area contributed by atoms with E-state index in [0.29, 0.717) is 5.92 Å². The van der Waals surface area contributed by atoms with Crippen molar-refractivity contribution < 1.29 is 5.11 Å². The van der Waals surface area contributed by atoms with E-state index in [4.69, 9.17) is 0 Å². The molecule has 3 heteroatoms. The molecule has 1 aliphatic rings. The normalized spacial score (nSPS) is 23.3. The summed E-state index contributed by atoms with van der Waals surface area (Å²) in [5.74, 6) is 0.476. The third-order valence-corrected chi connectivity index (χ3v) is 4.60. The Kier molecular flexibility index (Phi) is 3.31. The van der Waals surface area contributed by atoms with Gasteiger partial charge < -0.3 is 9.67 Å². The number of hydrogen-bond acceptors (Lipinski definition) is 2. The Labute approximate surface area is 114 Å². The van der Waals surface area contributed by atoms with Crippen LogP contribution >= 0.6 is 0 Å². The number of aromatic nitrogens is 2. The summed E-state index contributed by atoms with van der Waals surface area (Å²) >= 11 is 0. The molecule has 0 aliphatic heterocycles. The van der Waals surface area contributed by atoms with E-state index in [0.717, 1.165) is 24.9 Å². The van der Waals surface area contributed by atoms with Crippen LogP contribution in [0, 0.1) is 19.8 Å². The van der Waals surface area contributed by atoms with Gasteiger partial charge >= 0.3 is 0 Å². The van der Waals surface area contributed by atoms with E-state index in [1.54, 1.807) is 0 Å². The van der Waals surface area contributed by atoms with Crippen molar-refractivity contribution in [3.05, 3.63) is 29.6 Å². The summed E-state index contributed by atoms with van der Waals surface area (Å²) in [5.41, 5.74) is 4.91. The molecule has 0 radical (unpaired) electrons. The molecule has 1 aromatic heterocycles. The van der Waals surface area contributed by atoms with Gasteiger partial charge in [-0.15, -0.1) is 0 Å². The summed E-state index contributed by atoms with van der Waals surface area (Å²) in [5, 5.41) is 9.89. The lowest BCUT2D eigenvalue weighted by Crippen LogP contribution is -2.15. The third-order valence-electron chi connectivity index (χ3n) is 4.60. The fourth-order valence-corrected chi connectivity index (χ4v) is 3.15. The van der Waals surface area contributed by atoms with Gasteiger partial charge in [-0.2, -0.15) is 0 Å². The van der Waals surface area contributed by atoms with Gasteiger partial charge in [-0.25, -0.2) is 4.98 Å². The quantitative estimate of drug-likeness (QED) is 0.918. The van der Waals surface area contributed by atoms with Crippen molar-refractivity contribution in [3.63, 3.8) is 0 Å². The van der Waals surface area contributed by atoms with Crippen LogP contribution in [0.5, 0.6) is 0 Å².